The molecule has 0 aliphatic rings. The minimum Gasteiger partial charge on any atom is -0.494 e. The number of nitrogens with zero attached hydrogens (tertiary/aromatic N) is 1. The summed E-state index contributed by atoms with van der Waals surface area (Å²) in [6.45, 7) is 1.78. The van der Waals surface area contributed by atoms with E-state index in [1.807, 2.05) is 0 Å². The normalized spacial score (nSPS) is 11.5. The summed E-state index contributed by atoms with van der Waals surface area (Å²) in [6.07, 6.45) is -4.95. The number of carbonyl (C=O) groups excluding carboxylic acids is 2. The number of halogens is 5. The first-order valence-corrected chi connectivity index (χ1v) is 11.6. The first-order chi connectivity index (χ1) is 17.1. The van der Waals surface area contributed by atoms with Crippen LogP contribution in [0.3, 0.4) is 0 Å². The molecule has 0 spiro atoms. The fourth-order valence-electron chi connectivity index (χ4n) is 3.92. The Kier molecular flexibility index (Phi) is 7.28. The Hall–Kier alpha value is -3.49. The number of ketones is 1. The summed E-state index contributed by atoms with van der Waals surface area (Å²) >= 11 is 11.8. The van der Waals surface area contributed by atoms with E-state index in [0.717, 1.165) is 4.57 Å². The topological polar surface area (TPSA) is 60.3 Å². The highest BCUT2D eigenvalue weighted by Crippen LogP contribution is 2.40. The number of amides is 1. The van der Waals surface area contributed by atoms with Gasteiger partial charge in [0.2, 0.25) is 0 Å². The summed E-state index contributed by atoms with van der Waals surface area (Å²) in [5.74, 6) is -2.29. The molecule has 1 amide bonds. The number of aromatic nitrogens is 1. The molecule has 3 aromatic carbocycles. The highest BCUT2D eigenvalue weighted by atomic mass is 35.5. The molecule has 4 aromatic rings. The van der Waals surface area contributed by atoms with Crippen LogP contribution in [-0.2, 0) is 17.5 Å². The summed E-state index contributed by atoms with van der Waals surface area (Å²) in [7, 11) is 0. The Morgan fingerprint density at radius 2 is 1.69 bits per heavy atom. The highest BCUT2D eigenvalue weighted by Gasteiger charge is 2.42. The maximum Gasteiger partial charge on any atom is 0.432 e. The monoisotopic (exact) mass is 534 g/mol. The van der Waals surface area contributed by atoms with Crippen LogP contribution in [0.5, 0.6) is 5.75 Å². The molecule has 0 bridgehead atoms. The Morgan fingerprint density at radius 3 is 2.33 bits per heavy atom. The molecule has 186 valence electrons. The van der Waals surface area contributed by atoms with Gasteiger partial charge in [-0.3, -0.25) is 9.59 Å². The van der Waals surface area contributed by atoms with E-state index in [1.165, 1.54) is 36.4 Å². The molecular weight excluding hydrogens is 516 g/mol. The molecule has 0 atom stereocenters. The summed E-state index contributed by atoms with van der Waals surface area (Å²) in [6, 6.07) is 16.6. The SMILES string of the molecule is CCOc1ccc2c(c1)c(C(=O)C(=O)Nc1cccc(Cl)c1)c(C(F)(F)F)n2Cc1ccc(Cl)cc1. The third-order valence-electron chi connectivity index (χ3n) is 5.38. The van der Waals surface area contributed by atoms with Crippen LogP contribution in [0.1, 0.15) is 28.5 Å². The fourth-order valence-corrected chi connectivity index (χ4v) is 4.24. The van der Waals surface area contributed by atoms with E-state index in [1.54, 1.807) is 37.3 Å². The van der Waals surface area contributed by atoms with E-state index in [4.69, 9.17) is 27.9 Å². The predicted octanol–water partition coefficient (Wildman–Crippen LogP) is 7.24. The second kappa shape index (κ2) is 10.2. The van der Waals surface area contributed by atoms with Crippen LogP contribution in [0, 0.1) is 0 Å². The van der Waals surface area contributed by atoms with Crippen molar-refractivity contribution in [1.82, 2.24) is 4.57 Å². The smallest absolute Gasteiger partial charge is 0.432 e. The van der Waals surface area contributed by atoms with Crippen LogP contribution in [0.25, 0.3) is 10.9 Å². The molecule has 0 aliphatic heterocycles. The number of benzene rings is 3. The molecule has 0 saturated carbocycles. The average Bonchev–Trinajstić information content (AvgIpc) is 3.14. The molecule has 5 nitrogen and oxygen atoms in total. The van der Waals surface area contributed by atoms with Gasteiger partial charge >= 0.3 is 6.18 Å². The number of anilines is 1. The molecule has 10 heteroatoms. The molecule has 0 fully saturated rings. The first-order valence-electron chi connectivity index (χ1n) is 10.8. The number of alkyl halides is 3. The quantitative estimate of drug-likeness (QED) is 0.201. The number of hydrogen-bond acceptors (Lipinski definition) is 3. The van der Waals surface area contributed by atoms with Crippen molar-refractivity contribution in [1.29, 1.82) is 0 Å². The van der Waals surface area contributed by atoms with E-state index >= 15 is 0 Å². The Bertz CT molecular complexity index is 1450. The summed E-state index contributed by atoms with van der Waals surface area (Å²) < 4.78 is 49.9. The molecule has 1 heterocycles. The third kappa shape index (κ3) is 5.34. The minimum absolute atomic E-state index is 0.0477. The standard InChI is InChI=1S/C26H19Cl2F3N2O3/c1-2-36-19-10-11-21-20(13-19)22(23(34)25(35)32-18-5-3-4-17(28)12-18)24(26(29,30)31)33(21)14-15-6-8-16(27)9-7-15/h3-13H,2,14H2,1H3,(H,32,35). The summed E-state index contributed by atoms with van der Waals surface area (Å²) in [4.78, 5) is 26.1. The zero-order chi connectivity index (χ0) is 26.0. The van der Waals surface area contributed by atoms with Crippen molar-refractivity contribution in [2.75, 3.05) is 11.9 Å². The van der Waals surface area contributed by atoms with Crippen molar-refractivity contribution in [3.8, 4) is 5.75 Å². The van der Waals surface area contributed by atoms with Gasteiger partial charge in [0, 0.05) is 33.2 Å². The van der Waals surface area contributed by atoms with Gasteiger partial charge in [0.25, 0.3) is 11.7 Å². The van der Waals surface area contributed by atoms with Gasteiger partial charge in [-0.05, 0) is 61.0 Å². The van der Waals surface area contributed by atoms with Crippen LogP contribution in [0.2, 0.25) is 10.0 Å². The van der Waals surface area contributed by atoms with Crippen molar-refractivity contribution in [3.63, 3.8) is 0 Å². The zero-order valence-corrected chi connectivity index (χ0v) is 20.3. The molecule has 0 radical (unpaired) electrons. The third-order valence-corrected chi connectivity index (χ3v) is 5.87. The number of hydrogen-bond donors (Lipinski definition) is 1. The van der Waals surface area contributed by atoms with Gasteiger partial charge in [-0.1, -0.05) is 41.4 Å². The molecule has 1 N–H and O–H groups in total. The predicted molar refractivity (Wildman–Crippen MR) is 133 cm³/mol. The first kappa shape index (κ1) is 25.6. The van der Waals surface area contributed by atoms with E-state index in [0.29, 0.717) is 10.6 Å². The Balaban J connectivity index is 1.90. The van der Waals surface area contributed by atoms with Gasteiger partial charge in [0.05, 0.1) is 12.2 Å². The van der Waals surface area contributed by atoms with E-state index in [2.05, 4.69) is 5.32 Å². The highest BCUT2D eigenvalue weighted by molar-refractivity contribution is 6.49. The molecule has 0 saturated heterocycles. The van der Waals surface area contributed by atoms with E-state index < -0.39 is 29.1 Å². The number of nitrogens with one attached hydrogen (secondary N) is 1. The minimum atomic E-state index is -4.95. The lowest BCUT2D eigenvalue weighted by molar-refractivity contribution is -0.143. The number of rotatable bonds is 7. The number of carbonyl (C=O) groups is 2. The summed E-state index contributed by atoms with van der Waals surface area (Å²) in [5.41, 5.74) is -1.16. The van der Waals surface area contributed by atoms with Crippen molar-refractivity contribution in [3.05, 3.63) is 93.6 Å². The van der Waals surface area contributed by atoms with Crippen molar-refractivity contribution in [2.24, 2.45) is 0 Å². The van der Waals surface area contributed by atoms with Gasteiger partial charge in [-0.15, -0.1) is 0 Å². The Labute approximate surface area is 214 Å². The average molecular weight is 535 g/mol. The summed E-state index contributed by atoms with van der Waals surface area (Å²) in [5, 5.41) is 3.01. The molecule has 36 heavy (non-hydrogen) atoms. The maximum atomic E-state index is 14.5. The van der Waals surface area contributed by atoms with E-state index in [-0.39, 0.29) is 40.5 Å². The van der Waals surface area contributed by atoms with Crippen molar-refractivity contribution in [2.45, 2.75) is 19.6 Å². The number of ether oxygens (including phenoxy) is 1. The van der Waals surface area contributed by atoms with Gasteiger partial charge in [-0.2, -0.15) is 13.2 Å². The van der Waals surface area contributed by atoms with Gasteiger partial charge in [0.15, 0.2) is 0 Å². The zero-order valence-electron chi connectivity index (χ0n) is 18.8. The molecule has 4 rings (SSSR count). The number of fused-ring (bicyclic) bond motifs is 1. The van der Waals surface area contributed by atoms with Crippen LogP contribution in [0.4, 0.5) is 18.9 Å². The van der Waals surface area contributed by atoms with Crippen LogP contribution in [0.15, 0.2) is 66.7 Å². The fraction of sp³-hybridized carbons (Fsp3) is 0.154. The molecule has 0 aliphatic carbocycles. The second-order valence-corrected chi connectivity index (χ2v) is 8.71. The number of Topliss-reactive ketones (excluding diaryl/α,β-unsaturated/α-hetero) is 1. The molecule has 1 aromatic heterocycles. The maximum absolute atomic E-state index is 14.5. The lowest BCUT2D eigenvalue weighted by atomic mass is 10.0. The van der Waals surface area contributed by atoms with Gasteiger partial charge < -0.3 is 14.6 Å². The van der Waals surface area contributed by atoms with E-state index in [9.17, 15) is 22.8 Å². The van der Waals surface area contributed by atoms with Crippen LogP contribution < -0.4 is 10.1 Å². The lowest BCUT2D eigenvalue weighted by Gasteiger charge is -2.15. The van der Waals surface area contributed by atoms with Gasteiger partial charge in [-0.25, -0.2) is 0 Å². The Morgan fingerprint density at radius 1 is 0.972 bits per heavy atom. The lowest BCUT2D eigenvalue weighted by Crippen LogP contribution is -2.26. The van der Waals surface area contributed by atoms with Crippen LogP contribution >= 0.6 is 23.2 Å². The molecular formula is C26H19Cl2F3N2O3. The van der Waals surface area contributed by atoms with Gasteiger partial charge in [0.1, 0.15) is 11.4 Å². The largest absolute Gasteiger partial charge is 0.494 e. The van der Waals surface area contributed by atoms with Crippen molar-refractivity contribution < 1.29 is 27.5 Å². The van der Waals surface area contributed by atoms with Crippen LogP contribution in [-0.4, -0.2) is 22.9 Å². The second-order valence-electron chi connectivity index (χ2n) is 7.84. The molecule has 0 unspecified atom stereocenters. The van der Waals surface area contributed by atoms with Crippen molar-refractivity contribution >= 4 is 51.5 Å².